The fourth-order valence-electron chi connectivity index (χ4n) is 1.64. The number of rotatable bonds is 5. The molecule has 0 aromatic carbocycles. The maximum absolute atomic E-state index is 12.1. The molecule has 0 saturated carbocycles. The maximum atomic E-state index is 12.1. The topological polar surface area (TPSA) is 60.5 Å². The third-order valence-electron chi connectivity index (χ3n) is 2.98. The van der Waals surface area contributed by atoms with E-state index in [1.54, 1.807) is 14.2 Å². The van der Waals surface area contributed by atoms with Crippen LogP contribution in [0.5, 0.6) is 5.88 Å². The smallest absolute Gasteiger partial charge is 0.237 e. The predicted octanol–water partition coefficient (Wildman–Crippen LogP) is 2.57. The second-order valence-corrected chi connectivity index (χ2v) is 5.74. The monoisotopic (exact) mass is 280 g/mol. The van der Waals surface area contributed by atoms with Gasteiger partial charge in [0.2, 0.25) is 11.8 Å². The van der Waals surface area contributed by atoms with Crippen molar-refractivity contribution in [1.82, 2.24) is 4.98 Å². The Morgan fingerprint density at radius 3 is 2.50 bits per heavy atom. The molecule has 0 saturated heterocycles. The zero-order chi connectivity index (χ0) is 15.3. The van der Waals surface area contributed by atoms with Crippen LogP contribution in [-0.4, -0.2) is 31.7 Å². The van der Waals surface area contributed by atoms with Gasteiger partial charge in [-0.25, -0.2) is 4.98 Å². The molecule has 1 amide bonds. The highest BCUT2D eigenvalue weighted by atomic mass is 16.5. The first kappa shape index (κ1) is 16.4. The number of pyridine rings is 1. The maximum Gasteiger partial charge on any atom is 0.237 e. The van der Waals surface area contributed by atoms with Gasteiger partial charge in [-0.1, -0.05) is 20.8 Å². The highest BCUT2D eigenvalue weighted by Gasteiger charge is 2.23. The molecule has 0 atom stereocenters. The highest BCUT2D eigenvalue weighted by Crippen LogP contribution is 2.27. The second kappa shape index (κ2) is 6.70. The molecular weight excluding hydrogens is 256 g/mol. The Hall–Kier alpha value is -1.62. The lowest BCUT2D eigenvalue weighted by Gasteiger charge is -2.19. The SMILES string of the molecule is COCCc1cc(NC(=O)C(C)(C)C)c(OC)nc1C. The summed E-state index contributed by atoms with van der Waals surface area (Å²) in [5, 5.41) is 2.88. The van der Waals surface area contributed by atoms with Crippen molar-refractivity contribution in [3.05, 3.63) is 17.3 Å². The molecule has 1 aromatic rings. The zero-order valence-electron chi connectivity index (χ0n) is 13.2. The van der Waals surface area contributed by atoms with E-state index in [9.17, 15) is 4.79 Å². The number of nitrogens with one attached hydrogen (secondary N) is 1. The molecule has 0 unspecified atom stereocenters. The van der Waals surface area contributed by atoms with Crippen LogP contribution in [-0.2, 0) is 16.0 Å². The Bertz CT molecular complexity index is 479. The largest absolute Gasteiger partial charge is 0.480 e. The Morgan fingerprint density at radius 2 is 2.00 bits per heavy atom. The van der Waals surface area contributed by atoms with Crippen molar-refractivity contribution in [2.45, 2.75) is 34.1 Å². The molecule has 5 heteroatoms. The van der Waals surface area contributed by atoms with Gasteiger partial charge >= 0.3 is 0 Å². The average Bonchev–Trinajstić information content (AvgIpc) is 2.37. The summed E-state index contributed by atoms with van der Waals surface area (Å²) in [4.78, 5) is 16.5. The van der Waals surface area contributed by atoms with E-state index in [-0.39, 0.29) is 5.91 Å². The third-order valence-corrected chi connectivity index (χ3v) is 2.98. The number of methoxy groups -OCH3 is 2. The van der Waals surface area contributed by atoms with Crippen LogP contribution < -0.4 is 10.1 Å². The van der Waals surface area contributed by atoms with Crippen molar-refractivity contribution in [2.24, 2.45) is 5.41 Å². The van der Waals surface area contributed by atoms with Crippen LogP contribution in [0.25, 0.3) is 0 Å². The minimum Gasteiger partial charge on any atom is -0.480 e. The Kier molecular flexibility index (Phi) is 5.51. The molecule has 0 fully saturated rings. The van der Waals surface area contributed by atoms with E-state index in [4.69, 9.17) is 9.47 Å². The molecular formula is C15H24N2O3. The minimum absolute atomic E-state index is 0.0702. The summed E-state index contributed by atoms with van der Waals surface area (Å²) in [6.07, 6.45) is 0.748. The van der Waals surface area contributed by atoms with Gasteiger partial charge in [0, 0.05) is 18.2 Å². The zero-order valence-corrected chi connectivity index (χ0v) is 13.2. The normalized spacial score (nSPS) is 11.3. The number of nitrogens with zero attached hydrogens (tertiary/aromatic N) is 1. The van der Waals surface area contributed by atoms with Gasteiger partial charge in [0.25, 0.3) is 0 Å². The lowest BCUT2D eigenvalue weighted by molar-refractivity contribution is -0.123. The molecule has 20 heavy (non-hydrogen) atoms. The predicted molar refractivity (Wildman–Crippen MR) is 79.2 cm³/mol. The second-order valence-electron chi connectivity index (χ2n) is 5.74. The number of aryl methyl sites for hydroxylation is 1. The van der Waals surface area contributed by atoms with Crippen molar-refractivity contribution in [3.8, 4) is 5.88 Å². The summed E-state index contributed by atoms with van der Waals surface area (Å²) >= 11 is 0. The van der Waals surface area contributed by atoms with E-state index < -0.39 is 5.41 Å². The summed E-state index contributed by atoms with van der Waals surface area (Å²) in [6.45, 7) is 8.12. The van der Waals surface area contributed by atoms with Crippen LogP contribution in [0.15, 0.2) is 6.07 Å². The van der Waals surface area contributed by atoms with Gasteiger partial charge < -0.3 is 14.8 Å². The molecule has 5 nitrogen and oxygen atoms in total. The molecule has 1 heterocycles. The average molecular weight is 280 g/mol. The molecule has 0 aliphatic heterocycles. The fourth-order valence-corrected chi connectivity index (χ4v) is 1.64. The van der Waals surface area contributed by atoms with Gasteiger partial charge in [0.1, 0.15) is 5.69 Å². The third kappa shape index (κ3) is 4.20. The Balaban J connectivity index is 3.06. The number of anilines is 1. The molecule has 112 valence electrons. The Labute approximate surface area is 120 Å². The van der Waals surface area contributed by atoms with E-state index in [1.807, 2.05) is 33.8 Å². The number of carbonyl (C=O) groups excluding carboxylic acids is 1. The van der Waals surface area contributed by atoms with Crippen molar-refractivity contribution in [2.75, 3.05) is 26.1 Å². The first-order valence-electron chi connectivity index (χ1n) is 6.64. The summed E-state index contributed by atoms with van der Waals surface area (Å²) in [7, 11) is 3.21. The molecule has 1 rings (SSSR count). The van der Waals surface area contributed by atoms with Gasteiger partial charge in [-0.15, -0.1) is 0 Å². The standard InChI is InChI=1S/C15H24N2O3/c1-10-11(7-8-19-5)9-12(13(16-10)20-6)17-14(18)15(2,3)4/h9H,7-8H2,1-6H3,(H,17,18). The molecule has 1 aromatic heterocycles. The van der Waals surface area contributed by atoms with Crippen molar-refractivity contribution in [1.29, 1.82) is 0 Å². The first-order chi connectivity index (χ1) is 9.29. The lowest BCUT2D eigenvalue weighted by atomic mass is 9.95. The van der Waals surface area contributed by atoms with E-state index in [0.717, 1.165) is 17.7 Å². The molecule has 1 N–H and O–H groups in total. The van der Waals surface area contributed by atoms with Crippen LogP contribution in [0.3, 0.4) is 0 Å². The number of carbonyl (C=O) groups is 1. The van der Waals surface area contributed by atoms with Crippen molar-refractivity contribution in [3.63, 3.8) is 0 Å². The number of amides is 1. The lowest BCUT2D eigenvalue weighted by Crippen LogP contribution is -2.28. The molecule has 0 radical (unpaired) electrons. The van der Waals surface area contributed by atoms with Gasteiger partial charge in [0.05, 0.1) is 13.7 Å². The van der Waals surface area contributed by atoms with E-state index in [2.05, 4.69) is 10.3 Å². The van der Waals surface area contributed by atoms with Crippen LogP contribution >= 0.6 is 0 Å². The van der Waals surface area contributed by atoms with Crippen molar-refractivity contribution < 1.29 is 14.3 Å². The summed E-state index contributed by atoms with van der Waals surface area (Å²) in [5.74, 6) is 0.361. The Morgan fingerprint density at radius 1 is 1.35 bits per heavy atom. The van der Waals surface area contributed by atoms with E-state index in [0.29, 0.717) is 18.2 Å². The molecule has 0 bridgehead atoms. The number of ether oxygens (including phenoxy) is 2. The molecule has 0 aliphatic rings. The van der Waals surface area contributed by atoms with Crippen LogP contribution in [0.2, 0.25) is 0 Å². The summed E-state index contributed by atoms with van der Waals surface area (Å²) in [6, 6.07) is 1.91. The fraction of sp³-hybridized carbons (Fsp3) is 0.600. The van der Waals surface area contributed by atoms with Crippen LogP contribution in [0.4, 0.5) is 5.69 Å². The number of aromatic nitrogens is 1. The molecule has 0 aliphatic carbocycles. The van der Waals surface area contributed by atoms with Crippen LogP contribution in [0, 0.1) is 12.3 Å². The van der Waals surface area contributed by atoms with Crippen LogP contribution in [0.1, 0.15) is 32.0 Å². The summed E-state index contributed by atoms with van der Waals surface area (Å²) in [5.41, 5.74) is 2.05. The molecule has 0 spiro atoms. The summed E-state index contributed by atoms with van der Waals surface area (Å²) < 4.78 is 10.3. The highest BCUT2D eigenvalue weighted by molar-refractivity contribution is 5.95. The quantitative estimate of drug-likeness (QED) is 0.900. The number of hydrogen-bond donors (Lipinski definition) is 1. The van der Waals surface area contributed by atoms with E-state index >= 15 is 0 Å². The number of hydrogen-bond acceptors (Lipinski definition) is 4. The van der Waals surface area contributed by atoms with Gasteiger partial charge in [0.15, 0.2) is 0 Å². The minimum atomic E-state index is -0.470. The van der Waals surface area contributed by atoms with Gasteiger partial charge in [-0.05, 0) is 25.0 Å². The first-order valence-corrected chi connectivity index (χ1v) is 6.64. The van der Waals surface area contributed by atoms with Gasteiger partial charge in [-0.3, -0.25) is 4.79 Å². The van der Waals surface area contributed by atoms with E-state index in [1.165, 1.54) is 0 Å². The van der Waals surface area contributed by atoms with Gasteiger partial charge in [-0.2, -0.15) is 0 Å². The van der Waals surface area contributed by atoms with Crippen molar-refractivity contribution >= 4 is 11.6 Å².